The maximum absolute atomic E-state index is 4.34. The highest BCUT2D eigenvalue weighted by Crippen LogP contribution is 2.08. The van der Waals surface area contributed by atoms with Crippen molar-refractivity contribution in [2.75, 3.05) is 5.43 Å². The number of nitrogens with one attached hydrogen (secondary N) is 1. The van der Waals surface area contributed by atoms with Crippen LogP contribution >= 0.6 is 0 Å². The van der Waals surface area contributed by atoms with Crippen LogP contribution in [0.15, 0.2) is 48.8 Å². The van der Waals surface area contributed by atoms with Gasteiger partial charge in [-0.3, -0.25) is 10.1 Å². The molecular weight excluding hydrogens is 202 g/mol. The number of anilines is 1. The topological polar surface area (TPSA) is 55.6 Å². The Bertz CT molecular complexity index is 603. The number of aromatic nitrogens is 4. The van der Waals surface area contributed by atoms with Crippen molar-refractivity contribution in [3.05, 3.63) is 48.8 Å². The first-order chi connectivity index (χ1) is 7.92. The van der Waals surface area contributed by atoms with Gasteiger partial charge in [-0.1, -0.05) is 12.1 Å². The number of nitrogens with zero attached hydrogens (tertiary/aromatic N) is 4. The van der Waals surface area contributed by atoms with Gasteiger partial charge in [0, 0.05) is 12.4 Å². The molecule has 3 rings (SSSR count). The molecule has 0 bridgehead atoms. The minimum absolute atomic E-state index is 0.481. The van der Waals surface area contributed by atoms with Crippen LogP contribution in [0.2, 0.25) is 0 Å². The van der Waals surface area contributed by atoms with E-state index in [4.69, 9.17) is 0 Å². The molecule has 0 aliphatic rings. The molecule has 0 unspecified atom stereocenters. The van der Waals surface area contributed by atoms with Gasteiger partial charge in [0.1, 0.15) is 5.52 Å². The normalized spacial score (nSPS) is 10.5. The molecule has 0 radical (unpaired) electrons. The van der Waals surface area contributed by atoms with E-state index in [1.54, 1.807) is 4.68 Å². The number of fused-ring (bicyclic) bond motifs is 1. The predicted octanol–water partition coefficient (Wildman–Crippen LogP) is 1.70. The van der Waals surface area contributed by atoms with E-state index in [1.165, 1.54) is 0 Å². The van der Waals surface area contributed by atoms with Gasteiger partial charge in [0.15, 0.2) is 0 Å². The van der Waals surface area contributed by atoms with Crippen molar-refractivity contribution in [1.29, 1.82) is 0 Å². The van der Waals surface area contributed by atoms with Crippen LogP contribution in [0.1, 0.15) is 0 Å². The Balaban J connectivity index is 1.99. The maximum Gasteiger partial charge on any atom is 0.262 e. The Kier molecular flexibility index (Phi) is 2.00. The van der Waals surface area contributed by atoms with E-state index < -0.39 is 0 Å². The lowest BCUT2D eigenvalue weighted by molar-refractivity contribution is 0.903. The Morgan fingerprint density at radius 2 is 1.62 bits per heavy atom. The van der Waals surface area contributed by atoms with Crippen molar-refractivity contribution in [1.82, 2.24) is 19.9 Å². The van der Waals surface area contributed by atoms with Crippen LogP contribution in [-0.4, -0.2) is 19.9 Å². The van der Waals surface area contributed by atoms with Crippen LogP contribution in [0, 0.1) is 0 Å². The zero-order chi connectivity index (χ0) is 10.8. The van der Waals surface area contributed by atoms with E-state index in [1.807, 2.05) is 48.8 Å². The highest BCUT2D eigenvalue weighted by atomic mass is 15.5. The van der Waals surface area contributed by atoms with E-state index in [0.717, 1.165) is 11.0 Å². The summed E-state index contributed by atoms with van der Waals surface area (Å²) in [6.07, 6.45) is 3.75. The smallest absolute Gasteiger partial charge is 0.262 e. The fourth-order valence-corrected chi connectivity index (χ4v) is 1.45. The molecule has 16 heavy (non-hydrogen) atoms. The first-order valence-electron chi connectivity index (χ1n) is 4.91. The number of hydrogen-bond acceptors (Lipinski definition) is 4. The molecule has 1 aromatic carbocycles. The first kappa shape index (κ1) is 8.84. The molecule has 0 aliphatic heterocycles. The summed E-state index contributed by atoms with van der Waals surface area (Å²) < 4.78 is 1.77. The van der Waals surface area contributed by atoms with Crippen molar-refractivity contribution in [2.45, 2.75) is 0 Å². The van der Waals surface area contributed by atoms with Crippen LogP contribution in [0.3, 0.4) is 0 Å². The summed E-state index contributed by atoms with van der Waals surface area (Å²) in [6, 6.07) is 11.5. The molecule has 0 amide bonds. The molecule has 0 fully saturated rings. The van der Waals surface area contributed by atoms with E-state index in [-0.39, 0.29) is 0 Å². The van der Waals surface area contributed by atoms with Gasteiger partial charge in [-0.15, -0.1) is 10.2 Å². The minimum atomic E-state index is 0.481. The van der Waals surface area contributed by atoms with E-state index >= 15 is 0 Å². The zero-order valence-electron chi connectivity index (χ0n) is 8.41. The molecule has 0 atom stereocenters. The highest BCUT2D eigenvalue weighted by molar-refractivity contribution is 5.73. The first-order valence-corrected chi connectivity index (χ1v) is 4.91. The molecular formula is C11H9N5. The van der Waals surface area contributed by atoms with Gasteiger partial charge in [0.25, 0.3) is 5.95 Å². The van der Waals surface area contributed by atoms with Gasteiger partial charge in [-0.05, 0) is 24.3 Å². The second-order valence-corrected chi connectivity index (χ2v) is 3.33. The van der Waals surface area contributed by atoms with Gasteiger partial charge < -0.3 is 0 Å². The van der Waals surface area contributed by atoms with Crippen molar-refractivity contribution in [3.8, 4) is 0 Å². The fraction of sp³-hybridized carbons (Fsp3) is 0. The maximum atomic E-state index is 4.34. The second kappa shape index (κ2) is 3.62. The Morgan fingerprint density at radius 1 is 0.875 bits per heavy atom. The molecule has 5 heteroatoms. The average Bonchev–Trinajstić information content (AvgIpc) is 2.82. The minimum Gasteiger partial charge on any atom is -0.268 e. The summed E-state index contributed by atoms with van der Waals surface area (Å²) in [5.74, 6) is 0.481. The molecule has 0 saturated heterocycles. The van der Waals surface area contributed by atoms with Crippen LogP contribution in [0.25, 0.3) is 11.0 Å². The summed E-state index contributed by atoms with van der Waals surface area (Å²) >= 11 is 0. The predicted molar refractivity (Wildman–Crippen MR) is 60.8 cm³/mol. The molecule has 1 N–H and O–H groups in total. The second-order valence-electron chi connectivity index (χ2n) is 3.33. The largest absolute Gasteiger partial charge is 0.268 e. The summed E-state index contributed by atoms with van der Waals surface area (Å²) in [7, 11) is 0. The molecule has 0 spiro atoms. The lowest BCUT2D eigenvalue weighted by Crippen LogP contribution is -2.09. The third kappa shape index (κ3) is 1.58. The van der Waals surface area contributed by atoms with Crippen molar-refractivity contribution in [3.63, 3.8) is 0 Å². The van der Waals surface area contributed by atoms with E-state index in [2.05, 4.69) is 20.6 Å². The highest BCUT2D eigenvalue weighted by Gasteiger charge is 1.99. The standard InChI is InChI=1S/C11H9N5/c1-2-6-10-9(5-1)12-11(14-13-10)15-16-7-3-4-8-16/h1-8H,(H,12,14,15). The van der Waals surface area contributed by atoms with Crippen LogP contribution in [0.5, 0.6) is 0 Å². The lowest BCUT2D eigenvalue weighted by atomic mass is 10.3. The molecule has 3 aromatic rings. The number of rotatable bonds is 2. The third-order valence-corrected chi connectivity index (χ3v) is 2.19. The monoisotopic (exact) mass is 211 g/mol. The number of para-hydroxylation sites is 1. The summed E-state index contributed by atoms with van der Waals surface area (Å²) in [5, 5.41) is 8.06. The van der Waals surface area contributed by atoms with Gasteiger partial charge in [0.2, 0.25) is 0 Å². The average molecular weight is 211 g/mol. The van der Waals surface area contributed by atoms with Gasteiger partial charge >= 0.3 is 0 Å². The van der Waals surface area contributed by atoms with Gasteiger partial charge in [0.05, 0.1) is 5.52 Å². The SMILES string of the molecule is c1ccc2nc(Nn3cccc3)nnc2c1. The zero-order valence-corrected chi connectivity index (χ0v) is 8.41. The summed E-state index contributed by atoms with van der Waals surface area (Å²) in [4.78, 5) is 4.34. The van der Waals surface area contributed by atoms with E-state index in [0.29, 0.717) is 5.95 Å². The van der Waals surface area contributed by atoms with Crippen LogP contribution < -0.4 is 5.43 Å². The molecule has 2 heterocycles. The Labute approximate surface area is 91.7 Å². The van der Waals surface area contributed by atoms with Gasteiger partial charge in [-0.25, -0.2) is 4.98 Å². The molecule has 0 aliphatic carbocycles. The quantitative estimate of drug-likeness (QED) is 0.701. The molecule has 5 nitrogen and oxygen atoms in total. The molecule has 0 saturated carbocycles. The van der Waals surface area contributed by atoms with Gasteiger partial charge in [-0.2, -0.15) is 0 Å². The summed E-state index contributed by atoms with van der Waals surface area (Å²) in [5.41, 5.74) is 4.63. The van der Waals surface area contributed by atoms with E-state index in [9.17, 15) is 0 Å². The van der Waals surface area contributed by atoms with Crippen molar-refractivity contribution >= 4 is 17.0 Å². The Morgan fingerprint density at radius 3 is 2.44 bits per heavy atom. The van der Waals surface area contributed by atoms with Crippen molar-refractivity contribution < 1.29 is 0 Å². The number of benzene rings is 1. The third-order valence-electron chi connectivity index (χ3n) is 2.19. The molecule has 78 valence electrons. The van der Waals surface area contributed by atoms with Crippen LogP contribution in [-0.2, 0) is 0 Å². The fourth-order valence-electron chi connectivity index (χ4n) is 1.45. The lowest BCUT2D eigenvalue weighted by Gasteiger charge is -2.04. The summed E-state index contributed by atoms with van der Waals surface area (Å²) in [6.45, 7) is 0. The number of hydrogen-bond donors (Lipinski definition) is 1. The van der Waals surface area contributed by atoms with Crippen molar-refractivity contribution in [2.24, 2.45) is 0 Å². The molecule has 2 aromatic heterocycles. The Hall–Kier alpha value is -2.43. The van der Waals surface area contributed by atoms with Crippen LogP contribution in [0.4, 0.5) is 5.95 Å².